The minimum absolute atomic E-state index is 0.0378. The molecule has 1 N–H and O–H groups in total. The summed E-state index contributed by atoms with van der Waals surface area (Å²) in [5.74, 6) is -0.752. The molecule has 3 aliphatic rings. The minimum Gasteiger partial charge on any atom is -0.504 e. The number of Topliss-reactive ketones (excluding diaryl/α,β-unsaturated/α-hetero) is 1. The third-order valence-electron chi connectivity index (χ3n) is 7.39. The molecule has 0 radical (unpaired) electrons. The molecule has 1 aromatic carbocycles. The Hall–Kier alpha value is -3.14. The summed E-state index contributed by atoms with van der Waals surface area (Å²) >= 11 is 0. The highest BCUT2D eigenvalue weighted by Gasteiger charge is 2.53. The number of esters is 1. The van der Waals surface area contributed by atoms with Crippen LogP contribution in [0.4, 0.5) is 0 Å². The molecular formula is C29H32O4. The second-order valence-corrected chi connectivity index (χ2v) is 10.3. The predicted octanol–water partition coefficient (Wildman–Crippen LogP) is 6.28. The lowest BCUT2D eigenvalue weighted by atomic mass is 9.53. The Bertz CT molecular complexity index is 1140. The molecule has 2 unspecified atom stereocenters. The summed E-state index contributed by atoms with van der Waals surface area (Å²) in [6.45, 7) is 10.2. The Labute approximate surface area is 196 Å². The van der Waals surface area contributed by atoms with Crippen molar-refractivity contribution in [3.8, 4) is 0 Å². The highest BCUT2D eigenvalue weighted by molar-refractivity contribution is 6.10. The van der Waals surface area contributed by atoms with Gasteiger partial charge < -0.3 is 9.84 Å². The van der Waals surface area contributed by atoms with Gasteiger partial charge in [0.2, 0.25) is 5.78 Å². The van der Waals surface area contributed by atoms with Crippen LogP contribution in [-0.4, -0.2) is 23.0 Å². The fraction of sp³-hybridized carbons (Fsp3) is 0.379. The van der Waals surface area contributed by atoms with Crippen LogP contribution >= 0.6 is 0 Å². The van der Waals surface area contributed by atoms with Crippen molar-refractivity contribution >= 4 is 17.8 Å². The molecule has 4 rings (SSSR count). The van der Waals surface area contributed by atoms with Crippen molar-refractivity contribution in [1.29, 1.82) is 0 Å². The quantitative estimate of drug-likeness (QED) is 0.438. The van der Waals surface area contributed by atoms with Crippen molar-refractivity contribution in [2.75, 3.05) is 0 Å². The second kappa shape index (κ2) is 8.33. The summed E-state index contributed by atoms with van der Waals surface area (Å²) in [5, 5.41) is 11.0. The van der Waals surface area contributed by atoms with E-state index in [1.807, 2.05) is 56.3 Å². The van der Waals surface area contributed by atoms with Crippen molar-refractivity contribution < 1.29 is 19.4 Å². The first-order valence-corrected chi connectivity index (χ1v) is 11.6. The zero-order chi connectivity index (χ0) is 24.0. The van der Waals surface area contributed by atoms with Crippen molar-refractivity contribution in [2.45, 2.75) is 53.6 Å². The molecule has 0 spiro atoms. The second-order valence-electron chi connectivity index (χ2n) is 10.3. The third-order valence-corrected chi connectivity index (χ3v) is 7.39. The van der Waals surface area contributed by atoms with E-state index in [2.05, 4.69) is 26.8 Å². The normalized spacial score (nSPS) is 26.4. The lowest BCUT2D eigenvalue weighted by molar-refractivity contribution is -0.150. The first-order chi connectivity index (χ1) is 15.6. The molecular weight excluding hydrogens is 412 g/mol. The van der Waals surface area contributed by atoms with Crippen LogP contribution in [0.25, 0.3) is 6.08 Å². The van der Waals surface area contributed by atoms with E-state index < -0.39 is 10.8 Å². The van der Waals surface area contributed by atoms with Gasteiger partial charge in [0.15, 0.2) is 5.76 Å². The SMILES string of the molecule is CC(C)C1=CC2=CC=C3C(C)(CCC(OC(=O)C=Cc4ccccc4)C3(C)C)C2=C(O)C1=O. The Balaban J connectivity index is 1.63. The van der Waals surface area contributed by atoms with E-state index in [1.165, 1.54) is 6.08 Å². The number of allylic oxidation sites excluding steroid dienone is 6. The number of aliphatic hydroxyl groups is 1. The average Bonchev–Trinajstić information content (AvgIpc) is 2.77. The minimum atomic E-state index is -0.491. The zero-order valence-electron chi connectivity index (χ0n) is 20.0. The van der Waals surface area contributed by atoms with Crippen LogP contribution in [0.5, 0.6) is 0 Å². The van der Waals surface area contributed by atoms with E-state index in [-0.39, 0.29) is 29.5 Å². The summed E-state index contributed by atoms with van der Waals surface area (Å²) in [7, 11) is 0. The summed E-state index contributed by atoms with van der Waals surface area (Å²) in [4.78, 5) is 25.5. The fourth-order valence-electron chi connectivity index (χ4n) is 5.58. The van der Waals surface area contributed by atoms with Crippen LogP contribution in [0.3, 0.4) is 0 Å². The molecule has 0 aromatic heterocycles. The summed E-state index contributed by atoms with van der Waals surface area (Å²) in [6, 6.07) is 9.64. The monoisotopic (exact) mass is 444 g/mol. The maximum Gasteiger partial charge on any atom is 0.331 e. The number of fused-ring (bicyclic) bond motifs is 3. The van der Waals surface area contributed by atoms with Gasteiger partial charge >= 0.3 is 5.97 Å². The maximum atomic E-state index is 12.9. The fourth-order valence-corrected chi connectivity index (χ4v) is 5.58. The topological polar surface area (TPSA) is 63.6 Å². The van der Waals surface area contributed by atoms with Gasteiger partial charge in [0.05, 0.1) is 0 Å². The summed E-state index contributed by atoms with van der Waals surface area (Å²) in [6.07, 6.45) is 10.2. The first kappa shape index (κ1) is 23.0. The highest BCUT2D eigenvalue weighted by Crippen LogP contribution is 2.59. The first-order valence-electron chi connectivity index (χ1n) is 11.6. The Kier molecular flexibility index (Phi) is 5.81. The number of ketones is 1. The molecule has 0 amide bonds. The van der Waals surface area contributed by atoms with Gasteiger partial charge in [-0.2, -0.15) is 0 Å². The third kappa shape index (κ3) is 3.92. The number of benzene rings is 1. The number of aliphatic hydroxyl groups excluding tert-OH is 1. The van der Waals surface area contributed by atoms with E-state index in [4.69, 9.17) is 4.74 Å². The standard InChI is InChI=1S/C29H32O4/c1-18(2)21-17-20-12-13-22-28(3,4)23(15-16-29(22,5)25(20)27(32)26(21)31)33-24(30)14-11-19-9-7-6-8-10-19/h6-14,17-18,23,32H,15-16H2,1-5H3. The van der Waals surface area contributed by atoms with Crippen LogP contribution in [0.2, 0.25) is 0 Å². The molecule has 0 saturated heterocycles. The van der Waals surface area contributed by atoms with Gasteiger partial charge in [-0.1, -0.05) is 82.7 Å². The molecule has 0 aliphatic heterocycles. The number of rotatable bonds is 4. The molecule has 1 fully saturated rings. The van der Waals surface area contributed by atoms with E-state index in [9.17, 15) is 14.7 Å². The smallest absolute Gasteiger partial charge is 0.331 e. The number of ether oxygens (including phenoxy) is 1. The van der Waals surface area contributed by atoms with Crippen LogP contribution in [-0.2, 0) is 14.3 Å². The molecule has 172 valence electrons. The summed E-state index contributed by atoms with van der Waals surface area (Å²) < 4.78 is 5.91. The molecule has 2 atom stereocenters. The number of hydrogen-bond acceptors (Lipinski definition) is 4. The van der Waals surface area contributed by atoms with Crippen molar-refractivity contribution in [2.24, 2.45) is 16.7 Å². The number of hydrogen-bond donors (Lipinski definition) is 1. The molecule has 3 aliphatic carbocycles. The average molecular weight is 445 g/mol. The molecule has 33 heavy (non-hydrogen) atoms. The number of carbonyl (C=O) groups is 2. The van der Waals surface area contributed by atoms with E-state index in [0.29, 0.717) is 24.0 Å². The van der Waals surface area contributed by atoms with Crippen molar-refractivity contribution in [1.82, 2.24) is 0 Å². The lowest BCUT2D eigenvalue weighted by Crippen LogP contribution is -2.48. The maximum absolute atomic E-state index is 12.9. The Morgan fingerprint density at radius 1 is 1.15 bits per heavy atom. The van der Waals surface area contributed by atoms with Gasteiger partial charge in [0.1, 0.15) is 6.10 Å². The van der Waals surface area contributed by atoms with Gasteiger partial charge in [-0.15, -0.1) is 0 Å². The van der Waals surface area contributed by atoms with E-state index in [0.717, 1.165) is 16.7 Å². The zero-order valence-corrected chi connectivity index (χ0v) is 20.0. The van der Waals surface area contributed by atoms with E-state index >= 15 is 0 Å². The molecule has 0 bridgehead atoms. The Morgan fingerprint density at radius 3 is 2.52 bits per heavy atom. The highest BCUT2D eigenvalue weighted by atomic mass is 16.5. The van der Waals surface area contributed by atoms with Gasteiger partial charge in [-0.25, -0.2) is 4.79 Å². The van der Waals surface area contributed by atoms with Gasteiger partial charge in [0, 0.05) is 28.1 Å². The van der Waals surface area contributed by atoms with Gasteiger partial charge in [-0.05, 0) is 42.0 Å². The predicted molar refractivity (Wildman–Crippen MR) is 130 cm³/mol. The van der Waals surface area contributed by atoms with E-state index in [1.54, 1.807) is 6.08 Å². The molecule has 1 aromatic rings. The van der Waals surface area contributed by atoms with Gasteiger partial charge in [-0.3, -0.25) is 4.79 Å². The van der Waals surface area contributed by atoms with Gasteiger partial charge in [0.25, 0.3) is 0 Å². The molecule has 4 heteroatoms. The largest absolute Gasteiger partial charge is 0.504 e. The molecule has 0 heterocycles. The summed E-state index contributed by atoms with van der Waals surface area (Å²) in [5.41, 5.74) is 3.31. The lowest BCUT2D eigenvalue weighted by Gasteiger charge is -2.52. The molecule has 1 saturated carbocycles. The van der Waals surface area contributed by atoms with Crippen LogP contribution in [0.1, 0.15) is 53.0 Å². The van der Waals surface area contributed by atoms with Crippen LogP contribution in [0, 0.1) is 16.7 Å². The van der Waals surface area contributed by atoms with Crippen molar-refractivity contribution in [3.63, 3.8) is 0 Å². The number of carbonyl (C=O) groups excluding carboxylic acids is 2. The van der Waals surface area contributed by atoms with Crippen molar-refractivity contribution in [3.05, 3.63) is 88.3 Å². The molecule has 4 nitrogen and oxygen atoms in total. The van der Waals surface area contributed by atoms with Crippen LogP contribution < -0.4 is 0 Å². The Morgan fingerprint density at radius 2 is 1.85 bits per heavy atom. The van der Waals surface area contributed by atoms with Crippen LogP contribution in [0.15, 0.2) is 82.7 Å².